The average Bonchev–Trinajstić information content (AvgIpc) is 2.62. The number of ether oxygens (including phenoxy) is 2. The molecule has 0 amide bonds. The van der Waals surface area contributed by atoms with E-state index in [1.54, 1.807) is 6.07 Å². The fourth-order valence-electron chi connectivity index (χ4n) is 3.11. The van der Waals surface area contributed by atoms with Crippen LogP contribution in [0.2, 0.25) is 5.02 Å². The maximum atomic E-state index is 9.73. The van der Waals surface area contributed by atoms with Gasteiger partial charge in [0.1, 0.15) is 29.5 Å². The second-order valence-corrected chi connectivity index (χ2v) is 7.58. The van der Waals surface area contributed by atoms with Crippen molar-refractivity contribution in [2.45, 2.75) is 32.3 Å². The van der Waals surface area contributed by atoms with Gasteiger partial charge in [0.05, 0.1) is 0 Å². The summed E-state index contributed by atoms with van der Waals surface area (Å²) in [6, 6.07) is 13.0. The Kier molecular flexibility index (Phi) is 5.94. The molecule has 1 saturated heterocycles. The minimum atomic E-state index is -0.145. The van der Waals surface area contributed by atoms with Crippen LogP contribution >= 0.6 is 11.6 Å². The molecule has 3 rings (SSSR count). The van der Waals surface area contributed by atoms with Crippen molar-refractivity contribution in [1.29, 1.82) is 0 Å². The second kappa shape index (κ2) is 8.19. The number of hydrogen-bond donors (Lipinski definition) is 1. The van der Waals surface area contributed by atoms with Crippen LogP contribution in [0, 0.1) is 6.92 Å². The maximum absolute atomic E-state index is 9.73. The smallest absolute Gasteiger partial charge is 0.123 e. The average molecular weight is 376 g/mol. The molecule has 26 heavy (non-hydrogen) atoms. The van der Waals surface area contributed by atoms with Gasteiger partial charge >= 0.3 is 0 Å². The lowest BCUT2D eigenvalue weighted by atomic mass is 9.93. The van der Waals surface area contributed by atoms with Gasteiger partial charge in [0.2, 0.25) is 0 Å². The molecule has 0 saturated carbocycles. The molecule has 5 heteroatoms. The lowest BCUT2D eigenvalue weighted by Crippen LogP contribution is -2.47. The van der Waals surface area contributed by atoms with Gasteiger partial charge in [-0.1, -0.05) is 17.7 Å². The van der Waals surface area contributed by atoms with Crippen LogP contribution in [-0.2, 0) is 0 Å². The standard InChI is InChI=1S/C21H26ClNO3/c1-16-3-6-19(15-20(16)24)25-14-13-23-11-9-21(2,10-12-23)26-18-7-4-17(22)5-8-18/h3-8,15,24H,9-14H2,1-2H3. The number of benzene rings is 2. The third-order valence-electron chi connectivity index (χ3n) is 4.95. The van der Waals surface area contributed by atoms with Crippen molar-refractivity contribution >= 4 is 11.6 Å². The molecular weight excluding hydrogens is 350 g/mol. The normalized spacial score (nSPS) is 17.0. The highest BCUT2D eigenvalue weighted by atomic mass is 35.5. The lowest BCUT2D eigenvalue weighted by molar-refractivity contribution is 0.0135. The van der Waals surface area contributed by atoms with Crippen molar-refractivity contribution in [3.05, 3.63) is 53.1 Å². The summed E-state index contributed by atoms with van der Waals surface area (Å²) in [5.74, 6) is 1.85. The predicted octanol–water partition coefficient (Wildman–Crippen LogP) is 4.67. The molecule has 1 heterocycles. The summed E-state index contributed by atoms with van der Waals surface area (Å²) in [5, 5.41) is 10.5. The molecule has 1 fully saturated rings. The number of halogens is 1. The van der Waals surface area contributed by atoms with E-state index in [2.05, 4.69) is 11.8 Å². The summed E-state index contributed by atoms with van der Waals surface area (Å²) in [4.78, 5) is 2.39. The molecule has 0 unspecified atom stereocenters. The van der Waals surface area contributed by atoms with E-state index in [0.717, 1.165) is 48.8 Å². The van der Waals surface area contributed by atoms with Gasteiger partial charge in [-0.3, -0.25) is 4.90 Å². The van der Waals surface area contributed by atoms with E-state index in [9.17, 15) is 5.11 Å². The fraction of sp³-hybridized carbons (Fsp3) is 0.429. The van der Waals surface area contributed by atoms with E-state index in [1.165, 1.54) is 0 Å². The quantitative estimate of drug-likeness (QED) is 0.796. The zero-order valence-electron chi connectivity index (χ0n) is 15.4. The van der Waals surface area contributed by atoms with Crippen LogP contribution in [-0.4, -0.2) is 41.8 Å². The van der Waals surface area contributed by atoms with Crippen molar-refractivity contribution in [3.63, 3.8) is 0 Å². The summed E-state index contributed by atoms with van der Waals surface area (Å²) in [6.45, 7) is 7.47. The molecule has 2 aromatic carbocycles. The number of aromatic hydroxyl groups is 1. The van der Waals surface area contributed by atoms with E-state index >= 15 is 0 Å². The maximum Gasteiger partial charge on any atom is 0.123 e. The Morgan fingerprint density at radius 3 is 2.38 bits per heavy atom. The minimum Gasteiger partial charge on any atom is -0.508 e. The zero-order chi connectivity index (χ0) is 18.6. The van der Waals surface area contributed by atoms with Crippen LogP contribution in [0.4, 0.5) is 0 Å². The van der Waals surface area contributed by atoms with Gasteiger partial charge in [0, 0.05) is 30.7 Å². The molecule has 0 aliphatic carbocycles. The highest BCUT2D eigenvalue weighted by molar-refractivity contribution is 6.30. The molecule has 0 aromatic heterocycles. The second-order valence-electron chi connectivity index (χ2n) is 7.14. The molecular formula is C21H26ClNO3. The molecule has 4 nitrogen and oxygen atoms in total. The van der Waals surface area contributed by atoms with Gasteiger partial charge in [0.25, 0.3) is 0 Å². The van der Waals surface area contributed by atoms with E-state index in [-0.39, 0.29) is 11.4 Å². The van der Waals surface area contributed by atoms with Crippen molar-refractivity contribution < 1.29 is 14.6 Å². The number of piperidine rings is 1. The number of nitrogens with zero attached hydrogens (tertiary/aromatic N) is 1. The van der Waals surface area contributed by atoms with Crippen LogP contribution in [0.5, 0.6) is 17.2 Å². The lowest BCUT2D eigenvalue weighted by Gasteiger charge is -2.39. The molecule has 0 spiro atoms. The zero-order valence-corrected chi connectivity index (χ0v) is 16.1. The molecule has 2 aromatic rings. The summed E-state index contributed by atoms with van der Waals surface area (Å²) < 4.78 is 12.0. The predicted molar refractivity (Wildman–Crippen MR) is 104 cm³/mol. The van der Waals surface area contributed by atoms with Gasteiger partial charge in [-0.2, -0.15) is 0 Å². The number of phenolic OH excluding ortho intramolecular Hbond substituents is 1. The third kappa shape index (κ3) is 5.05. The monoisotopic (exact) mass is 375 g/mol. The highest BCUT2D eigenvalue weighted by Crippen LogP contribution is 2.29. The summed E-state index contributed by atoms with van der Waals surface area (Å²) in [7, 11) is 0. The Morgan fingerprint density at radius 1 is 1.08 bits per heavy atom. The molecule has 0 radical (unpaired) electrons. The van der Waals surface area contributed by atoms with Gasteiger partial charge < -0.3 is 14.6 Å². The summed E-state index contributed by atoms with van der Waals surface area (Å²) in [6.07, 6.45) is 1.95. The van der Waals surface area contributed by atoms with E-state index in [1.807, 2.05) is 43.3 Å². The van der Waals surface area contributed by atoms with E-state index in [4.69, 9.17) is 21.1 Å². The SMILES string of the molecule is Cc1ccc(OCCN2CCC(C)(Oc3ccc(Cl)cc3)CC2)cc1O. The van der Waals surface area contributed by atoms with Crippen LogP contribution < -0.4 is 9.47 Å². The minimum absolute atomic E-state index is 0.145. The largest absolute Gasteiger partial charge is 0.508 e. The number of rotatable bonds is 6. The fourth-order valence-corrected chi connectivity index (χ4v) is 3.24. The first kappa shape index (κ1) is 18.9. The first-order valence-corrected chi connectivity index (χ1v) is 9.41. The number of likely N-dealkylation sites (tertiary alicyclic amines) is 1. The molecule has 1 aliphatic heterocycles. The Labute approximate surface area is 160 Å². The van der Waals surface area contributed by atoms with Gasteiger partial charge in [-0.05, 0) is 62.6 Å². The number of aryl methyl sites for hydroxylation is 1. The van der Waals surface area contributed by atoms with E-state index < -0.39 is 0 Å². The van der Waals surface area contributed by atoms with Gasteiger partial charge in [0.15, 0.2) is 0 Å². The third-order valence-corrected chi connectivity index (χ3v) is 5.20. The first-order valence-electron chi connectivity index (χ1n) is 9.03. The van der Waals surface area contributed by atoms with Crippen LogP contribution in [0.25, 0.3) is 0 Å². The summed E-state index contributed by atoms with van der Waals surface area (Å²) in [5.41, 5.74) is 0.710. The molecule has 140 valence electrons. The van der Waals surface area contributed by atoms with Crippen LogP contribution in [0.3, 0.4) is 0 Å². The first-order chi connectivity index (χ1) is 12.4. The molecule has 0 atom stereocenters. The Hall–Kier alpha value is -1.91. The van der Waals surface area contributed by atoms with Crippen molar-refractivity contribution in [1.82, 2.24) is 4.90 Å². The van der Waals surface area contributed by atoms with Gasteiger partial charge in [-0.25, -0.2) is 0 Å². The number of phenols is 1. The van der Waals surface area contributed by atoms with Crippen molar-refractivity contribution in [2.75, 3.05) is 26.2 Å². The van der Waals surface area contributed by atoms with E-state index in [0.29, 0.717) is 12.4 Å². The topological polar surface area (TPSA) is 41.9 Å². The molecule has 1 aliphatic rings. The van der Waals surface area contributed by atoms with Crippen LogP contribution in [0.1, 0.15) is 25.3 Å². The van der Waals surface area contributed by atoms with Crippen LogP contribution in [0.15, 0.2) is 42.5 Å². The Balaban J connectivity index is 1.43. The number of hydrogen-bond acceptors (Lipinski definition) is 4. The molecule has 1 N–H and O–H groups in total. The van der Waals surface area contributed by atoms with Crippen molar-refractivity contribution in [3.8, 4) is 17.2 Å². The van der Waals surface area contributed by atoms with Gasteiger partial charge in [-0.15, -0.1) is 0 Å². The molecule has 0 bridgehead atoms. The Bertz CT molecular complexity index is 725. The summed E-state index contributed by atoms with van der Waals surface area (Å²) >= 11 is 5.93. The highest BCUT2D eigenvalue weighted by Gasteiger charge is 2.31. The van der Waals surface area contributed by atoms with Crippen molar-refractivity contribution in [2.24, 2.45) is 0 Å². The Morgan fingerprint density at radius 2 is 1.73 bits per heavy atom.